The summed E-state index contributed by atoms with van der Waals surface area (Å²) in [6.45, 7) is 13.3. The summed E-state index contributed by atoms with van der Waals surface area (Å²) in [4.78, 5) is 10.0. The summed E-state index contributed by atoms with van der Waals surface area (Å²) >= 11 is 0. The zero-order chi connectivity index (χ0) is 23.1. The second-order valence-electron chi connectivity index (χ2n) is 9.42. The van der Waals surface area contributed by atoms with Crippen molar-refractivity contribution in [2.45, 2.75) is 51.1 Å². The minimum atomic E-state index is 0.532. The molecular weight excluding hydrogens is 388 g/mol. The zero-order valence-corrected chi connectivity index (χ0v) is 20.9. The summed E-state index contributed by atoms with van der Waals surface area (Å²) in [7, 11) is 4.42. The van der Waals surface area contributed by atoms with Crippen LogP contribution in [0.1, 0.15) is 39.0 Å². The molecule has 0 aliphatic heterocycles. The second kappa shape index (κ2) is 17.2. The van der Waals surface area contributed by atoms with Crippen molar-refractivity contribution < 1.29 is 0 Å². The molecule has 1 aliphatic carbocycles. The van der Waals surface area contributed by atoms with Gasteiger partial charge in [-0.3, -0.25) is 4.90 Å². The molecular formula is C23H54N8. The number of nitrogens with zero attached hydrogens (tertiary/aromatic N) is 4. The lowest BCUT2D eigenvalue weighted by Crippen LogP contribution is -2.52. The SMILES string of the molecule is CCCN(CCN)CC(C1CCCC(N(CCN)CCN(C)CCN)C1)N(C)CCN. The van der Waals surface area contributed by atoms with Gasteiger partial charge in [0.25, 0.3) is 0 Å². The van der Waals surface area contributed by atoms with Gasteiger partial charge in [0.05, 0.1) is 0 Å². The predicted molar refractivity (Wildman–Crippen MR) is 134 cm³/mol. The average Bonchev–Trinajstić information content (AvgIpc) is 2.75. The average molecular weight is 443 g/mol. The monoisotopic (exact) mass is 442 g/mol. The molecule has 0 aromatic heterocycles. The number of hydrogen-bond acceptors (Lipinski definition) is 8. The van der Waals surface area contributed by atoms with Gasteiger partial charge >= 0.3 is 0 Å². The van der Waals surface area contributed by atoms with Crippen LogP contribution in [0, 0.1) is 5.92 Å². The van der Waals surface area contributed by atoms with Crippen LogP contribution in [-0.2, 0) is 0 Å². The van der Waals surface area contributed by atoms with Gasteiger partial charge in [0.2, 0.25) is 0 Å². The smallest absolute Gasteiger partial charge is 0.0249 e. The third-order valence-electron chi connectivity index (χ3n) is 6.92. The number of nitrogens with two attached hydrogens (primary N) is 4. The summed E-state index contributed by atoms with van der Waals surface area (Å²) < 4.78 is 0. The van der Waals surface area contributed by atoms with Crippen LogP contribution in [0.5, 0.6) is 0 Å². The van der Waals surface area contributed by atoms with Gasteiger partial charge < -0.3 is 37.6 Å². The number of likely N-dealkylation sites (N-methyl/N-ethyl adjacent to an activating group) is 2. The first kappa shape index (κ1) is 28.7. The van der Waals surface area contributed by atoms with Crippen LogP contribution in [0.4, 0.5) is 0 Å². The van der Waals surface area contributed by atoms with E-state index in [9.17, 15) is 0 Å². The molecule has 0 saturated heterocycles. The molecule has 31 heavy (non-hydrogen) atoms. The van der Waals surface area contributed by atoms with Crippen LogP contribution in [0.25, 0.3) is 0 Å². The molecule has 3 atom stereocenters. The van der Waals surface area contributed by atoms with E-state index in [1.54, 1.807) is 0 Å². The van der Waals surface area contributed by atoms with Crippen LogP contribution >= 0.6 is 0 Å². The van der Waals surface area contributed by atoms with E-state index in [1.165, 1.54) is 32.1 Å². The van der Waals surface area contributed by atoms with Crippen molar-refractivity contribution >= 4 is 0 Å². The van der Waals surface area contributed by atoms with Crippen molar-refractivity contribution in [2.75, 3.05) is 92.6 Å². The minimum Gasteiger partial charge on any atom is -0.329 e. The molecule has 8 nitrogen and oxygen atoms in total. The first-order valence-corrected chi connectivity index (χ1v) is 12.7. The molecule has 1 aliphatic rings. The third-order valence-corrected chi connectivity index (χ3v) is 6.92. The highest BCUT2D eigenvalue weighted by atomic mass is 15.2. The highest BCUT2D eigenvalue weighted by Gasteiger charge is 2.33. The van der Waals surface area contributed by atoms with Crippen molar-refractivity contribution in [1.82, 2.24) is 19.6 Å². The summed E-state index contributed by atoms with van der Waals surface area (Å²) in [6, 6.07) is 1.15. The Hall–Kier alpha value is -0.320. The normalized spacial score (nSPS) is 21.0. The van der Waals surface area contributed by atoms with Crippen molar-refractivity contribution in [3.63, 3.8) is 0 Å². The highest BCUT2D eigenvalue weighted by Crippen LogP contribution is 2.32. The molecule has 0 heterocycles. The van der Waals surface area contributed by atoms with Crippen LogP contribution in [-0.4, -0.2) is 124 Å². The van der Waals surface area contributed by atoms with Crippen molar-refractivity contribution in [2.24, 2.45) is 28.9 Å². The first-order valence-electron chi connectivity index (χ1n) is 12.7. The Bertz CT molecular complexity index is 418. The van der Waals surface area contributed by atoms with Crippen molar-refractivity contribution in [3.05, 3.63) is 0 Å². The summed E-state index contributed by atoms with van der Waals surface area (Å²) in [5.41, 5.74) is 23.6. The Balaban J connectivity index is 2.85. The molecule has 0 radical (unpaired) electrons. The Morgan fingerprint density at radius 3 is 2.06 bits per heavy atom. The van der Waals surface area contributed by atoms with Crippen molar-refractivity contribution in [1.29, 1.82) is 0 Å². The van der Waals surface area contributed by atoms with Crippen molar-refractivity contribution in [3.8, 4) is 0 Å². The van der Waals surface area contributed by atoms with E-state index in [-0.39, 0.29) is 0 Å². The fourth-order valence-electron chi connectivity index (χ4n) is 5.23. The fraction of sp³-hybridized carbons (Fsp3) is 1.00. The molecule has 1 rings (SSSR count). The second-order valence-corrected chi connectivity index (χ2v) is 9.42. The van der Waals surface area contributed by atoms with Gasteiger partial charge in [-0.1, -0.05) is 13.3 Å². The molecule has 8 heteroatoms. The highest BCUT2D eigenvalue weighted by molar-refractivity contribution is 4.89. The molecule has 0 aromatic carbocycles. The number of hydrogen-bond donors (Lipinski definition) is 4. The van der Waals surface area contributed by atoms with Crippen LogP contribution < -0.4 is 22.9 Å². The van der Waals surface area contributed by atoms with E-state index < -0.39 is 0 Å². The van der Waals surface area contributed by atoms with E-state index in [4.69, 9.17) is 22.9 Å². The largest absolute Gasteiger partial charge is 0.329 e. The maximum Gasteiger partial charge on any atom is 0.0249 e. The van der Waals surface area contributed by atoms with E-state index in [0.29, 0.717) is 31.1 Å². The summed E-state index contributed by atoms with van der Waals surface area (Å²) in [6.07, 6.45) is 6.31. The summed E-state index contributed by atoms with van der Waals surface area (Å²) in [5, 5.41) is 0. The molecule has 8 N–H and O–H groups in total. The lowest BCUT2D eigenvalue weighted by molar-refractivity contribution is 0.0599. The quantitative estimate of drug-likeness (QED) is 0.227. The minimum absolute atomic E-state index is 0.532. The van der Waals surface area contributed by atoms with E-state index in [1.807, 2.05) is 0 Å². The summed E-state index contributed by atoms with van der Waals surface area (Å²) in [5.74, 6) is 0.689. The standard InChI is InChI=1S/C23H54N8/c1-4-12-30(15-10-26)20-23(29(3)14-9-25)21-6-5-7-22(19-21)31(16-11-27)18-17-28(2)13-8-24/h21-23H,4-20,24-27H2,1-3H3. The lowest BCUT2D eigenvalue weighted by atomic mass is 9.79. The van der Waals surface area contributed by atoms with E-state index >= 15 is 0 Å². The Morgan fingerprint density at radius 1 is 0.774 bits per heavy atom. The van der Waals surface area contributed by atoms with Crippen LogP contribution in [0.15, 0.2) is 0 Å². The lowest BCUT2D eigenvalue weighted by Gasteiger charge is -2.44. The Kier molecular flexibility index (Phi) is 15.9. The van der Waals surface area contributed by atoms with Gasteiger partial charge in [-0.05, 0) is 52.2 Å². The van der Waals surface area contributed by atoms with E-state index in [2.05, 4.69) is 40.6 Å². The molecule has 1 fully saturated rings. The molecule has 186 valence electrons. The molecule has 0 amide bonds. The first-order chi connectivity index (χ1) is 15.0. The Morgan fingerprint density at radius 2 is 1.45 bits per heavy atom. The fourth-order valence-corrected chi connectivity index (χ4v) is 5.23. The van der Waals surface area contributed by atoms with Gasteiger partial charge in [-0.25, -0.2) is 0 Å². The zero-order valence-electron chi connectivity index (χ0n) is 20.9. The van der Waals surface area contributed by atoms with Gasteiger partial charge in [0.1, 0.15) is 0 Å². The molecule has 0 aromatic rings. The van der Waals surface area contributed by atoms with Gasteiger partial charge in [-0.2, -0.15) is 0 Å². The maximum atomic E-state index is 6.00. The maximum absolute atomic E-state index is 6.00. The van der Waals surface area contributed by atoms with Gasteiger partial charge in [-0.15, -0.1) is 0 Å². The molecule has 0 bridgehead atoms. The topological polar surface area (TPSA) is 117 Å². The molecule has 0 spiro atoms. The molecule has 1 saturated carbocycles. The number of rotatable bonds is 18. The molecule has 3 unspecified atom stereocenters. The Labute approximate surface area is 192 Å². The van der Waals surface area contributed by atoms with Gasteiger partial charge in [0.15, 0.2) is 0 Å². The van der Waals surface area contributed by atoms with E-state index in [0.717, 1.165) is 65.4 Å². The van der Waals surface area contributed by atoms with Crippen LogP contribution in [0.2, 0.25) is 0 Å². The third kappa shape index (κ3) is 10.9. The van der Waals surface area contributed by atoms with Gasteiger partial charge in [0, 0.05) is 84.1 Å². The predicted octanol–water partition coefficient (Wildman–Crippen LogP) is -0.374. The van der Waals surface area contributed by atoms with Crippen LogP contribution in [0.3, 0.4) is 0 Å².